The Kier molecular flexibility index (Phi) is 4.51. The van der Waals surface area contributed by atoms with E-state index in [-0.39, 0.29) is 0 Å². The molecular formula is C15H22BrN3. The van der Waals surface area contributed by atoms with E-state index in [2.05, 4.69) is 38.3 Å². The van der Waals surface area contributed by atoms with Gasteiger partial charge in [-0.3, -0.25) is 4.90 Å². The van der Waals surface area contributed by atoms with Crippen LogP contribution in [0.25, 0.3) is 0 Å². The number of nitrogens with zero attached hydrogens (tertiary/aromatic N) is 2. The standard InChI is InChI=1S/C15H22BrN3/c16-14-7-3-6-13(18-14)15(12-4-1-2-5-12)19-10-8-17-9-11-19/h3,6-7,12,15,17H,1-2,4-5,8-11H2/t15-/m1/s1. The van der Waals surface area contributed by atoms with E-state index in [4.69, 9.17) is 4.98 Å². The van der Waals surface area contributed by atoms with Gasteiger partial charge in [-0.2, -0.15) is 0 Å². The first-order chi connectivity index (χ1) is 9.34. The molecular weight excluding hydrogens is 302 g/mol. The maximum Gasteiger partial charge on any atom is 0.106 e. The second-order valence-corrected chi connectivity index (χ2v) is 6.47. The van der Waals surface area contributed by atoms with Gasteiger partial charge in [0.1, 0.15) is 4.60 Å². The Labute approximate surface area is 123 Å². The fraction of sp³-hybridized carbons (Fsp3) is 0.667. The Hall–Kier alpha value is -0.450. The van der Waals surface area contributed by atoms with Gasteiger partial charge in [0.15, 0.2) is 0 Å². The van der Waals surface area contributed by atoms with E-state index in [9.17, 15) is 0 Å². The largest absolute Gasteiger partial charge is 0.314 e. The first-order valence-corrected chi connectivity index (χ1v) is 8.21. The van der Waals surface area contributed by atoms with Gasteiger partial charge >= 0.3 is 0 Å². The molecule has 104 valence electrons. The Morgan fingerprint density at radius 3 is 2.63 bits per heavy atom. The summed E-state index contributed by atoms with van der Waals surface area (Å²) in [5, 5.41) is 3.45. The lowest BCUT2D eigenvalue weighted by Crippen LogP contribution is -2.46. The van der Waals surface area contributed by atoms with Crippen LogP contribution in [0.15, 0.2) is 22.8 Å². The summed E-state index contributed by atoms with van der Waals surface area (Å²) in [5.41, 5.74) is 1.25. The second-order valence-electron chi connectivity index (χ2n) is 5.66. The molecule has 19 heavy (non-hydrogen) atoms. The highest BCUT2D eigenvalue weighted by Crippen LogP contribution is 2.39. The molecule has 2 aliphatic rings. The summed E-state index contributed by atoms with van der Waals surface area (Å²) < 4.78 is 0.961. The van der Waals surface area contributed by atoms with Crippen LogP contribution in [0, 0.1) is 5.92 Å². The summed E-state index contributed by atoms with van der Waals surface area (Å²) >= 11 is 3.52. The molecule has 0 amide bonds. The number of piperazine rings is 1. The van der Waals surface area contributed by atoms with Crippen molar-refractivity contribution in [1.29, 1.82) is 0 Å². The monoisotopic (exact) mass is 323 g/mol. The quantitative estimate of drug-likeness (QED) is 0.867. The SMILES string of the molecule is Brc1cccc([C@@H](C2CCCC2)N2CCNCC2)n1. The summed E-state index contributed by atoms with van der Waals surface area (Å²) in [6.45, 7) is 4.51. The van der Waals surface area contributed by atoms with Gasteiger partial charge in [-0.25, -0.2) is 4.98 Å². The van der Waals surface area contributed by atoms with Crippen LogP contribution in [0.1, 0.15) is 37.4 Å². The number of aromatic nitrogens is 1. The van der Waals surface area contributed by atoms with Crippen molar-refractivity contribution in [3.8, 4) is 0 Å². The first kappa shape index (κ1) is 13.5. The third kappa shape index (κ3) is 3.18. The molecule has 1 aromatic rings. The highest BCUT2D eigenvalue weighted by Gasteiger charge is 2.32. The Morgan fingerprint density at radius 2 is 1.95 bits per heavy atom. The van der Waals surface area contributed by atoms with E-state index in [1.165, 1.54) is 31.4 Å². The second kappa shape index (κ2) is 6.33. The number of nitrogens with one attached hydrogen (secondary N) is 1. The molecule has 1 saturated carbocycles. The predicted octanol–water partition coefficient (Wildman–Crippen LogP) is 2.98. The number of pyridine rings is 1. The van der Waals surface area contributed by atoms with Gasteiger partial charge in [-0.15, -0.1) is 0 Å². The summed E-state index contributed by atoms with van der Waals surface area (Å²) in [5.74, 6) is 0.792. The molecule has 1 aromatic heterocycles. The average Bonchev–Trinajstić information content (AvgIpc) is 2.94. The van der Waals surface area contributed by atoms with E-state index in [0.717, 1.165) is 36.7 Å². The molecule has 0 bridgehead atoms. The number of rotatable bonds is 3. The zero-order valence-electron chi connectivity index (χ0n) is 11.3. The molecule has 4 heteroatoms. The maximum atomic E-state index is 4.75. The Morgan fingerprint density at radius 1 is 1.21 bits per heavy atom. The summed E-state index contributed by atoms with van der Waals surface area (Å²) in [6.07, 6.45) is 5.51. The minimum absolute atomic E-state index is 0.516. The minimum Gasteiger partial charge on any atom is -0.314 e. The lowest BCUT2D eigenvalue weighted by molar-refractivity contribution is 0.122. The van der Waals surface area contributed by atoms with Gasteiger partial charge in [-0.1, -0.05) is 18.9 Å². The molecule has 2 fully saturated rings. The first-order valence-electron chi connectivity index (χ1n) is 7.42. The Bertz CT molecular complexity index is 412. The third-order valence-corrected chi connectivity index (χ3v) is 4.87. The molecule has 1 N–H and O–H groups in total. The number of hydrogen-bond donors (Lipinski definition) is 1. The van der Waals surface area contributed by atoms with Crippen molar-refractivity contribution in [2.24, 2.45) is 5.92 Å². The maximum absolute atomic E-state index is 4.75. The van der Waals surface area contributed by atoms with Gasteiger partial charge in [0.25, 0.3) is 0 Å². The molecule has 0 radical (unpaired) electrons. The highest BCUT2D eigenvalue weighted by atomic mass is 79.9. The molecule has 1 aliphatic heterocycles. The van der Waals surface area contributed by atoms with Crippen LogP contribution in [-0.4, -0.2) is 36.1 Å². The van der Waals surface area contributed by atoms with Crippen LogP contribution in [-0.2, 0) is 0 Å². The molecule has 1 aliphatic carbocycles. The molecule has 3 rings (SSSR count). The molecule has 0 spiro atoms. The van der Waals surface area contributed by atoms with E-state index in [1.54, 1.807) is 0 Å². The van der Waals surface area contributed by atoms with Gasteiger partial charge in [-0.05, 0) is 46.8 Å². The van der Waals surface area contributed by atoms with Crippen molar-refractivity contribution in [2.75, 3.05) is 26.2 Å². The number of hydrogen-bond acceptors (Lipinski definition) is 3. The van der Waals surface area contributed by atoms with Crippen molar-refractivity contribution >= 4 is 15.9 Å². The van der Waals surface area contributed by atoms with E-state index < -0.39 is 0 Å². The van der Waals surface area contributed by atoms with Crippen LogP contribution in [0.5, 0.6) is 0 Å². The van der Waals surface area contributed by atoms with Crippen molar-refractivity contribution in [3.63, 3.8) is 0 Å². The van der Waals surface area contributed by atoms with Crippen LogP contribution >= 0.6 is 15.9 Å². The van der Waals surface area contributed by atoms with Gasteiger partial charge in [0.2, 0.25) is 0 Å². The van der Waals surface area contributed by atoms with Crippen molar-refractivity contribution in [2.45, 2.75) is 31.7 Å². The number of halogens is 1. The van der Waals surface area contributed by atoms with Crippen LogP contribution in [0.4, 0.5) is 0 Å². The van der Waals surface area contributed by atoms with E-state index in [1.807, 2.05) is 6.07 Å². The average molecular weight is 324 g/mol. The smallest absolute Gasteiger partial charge is 0.106 e. The minimum atomic E-state index is 0.516. The normalized spacial score (nSPS) is 23.6. The fourth-order valence-electron chi connectivity index (χ4n) is 3.55. The van der Waals surface area contributed by atoms with Crippen molar-refractivity contribution in [1.82, 2.24) is 15.2 Å². The molecule has 1 atom stereocenters. The zero-order valence-corrected chi connectivity index (χ0v) is 12.9. The van der Waals surface area contributed by atoms with E-state index in [0.29, 0.717) is 6.04 Å². The fourth-order valence-corrected chi connectivity index (χ4v) is 3.91. The summed E-state index contributed by atoms with van der Waals surface area (Å²) in [4.78, 5) is 7.39. The zero-order chi connectivity index (χ0) is 13.1. The molecule has 1 saturated heterocycles. The molecule has 0 unspecified atom stereocenters. The van der Waals surface area contributed by atoms with Gasteiger partial charge in [0, 0.05) is 26.2 Å². The lowest BCUT2D eigenvalue weighted by atomic mass is 9.93. The van der Waals surface area contributed by atoms with Crippen LogP contribution < -0.4 is 5.32 Å². The third-order valence-electron chi connectivity index (χ3n) is 4.43. The summed E-state index contributed by atoms with van der Waals surface area (Å²) in [7, 11) is 0. The van der Waals surface area contributed by atoms with Gasteiger partial charge in [0.05, 0.1) is 11.7 Å². The molecule has 0 aromatic carbocycles. The molecule has 2 heterocycles. The Balaban J connectivity index is 1.86. The van der Waals surface area contributed by atoms with Crippen molar-refractivity contribution in [3.05, 3.63) is 28.5 Å². The van der Waals surface area contributed by atoms with Crippen LogP contribution in [0.2, 0.25) is 0 Å². The lowest BCUT2D eigenvalue weighted by Gasteiger charge is -2.38. The highest BCUT2D eigenvalue weighted by molar-refractivity contribution is 9.10. The van der Waals surface area contributed by atoms with Crippen molar-refractivity contribution < 1.29 is 0 Å². The predicted molar refractivity (Wildman–Crippen MR) is 81.1 cm³/mol. The summed E-state index contributed by atoms with van der Waals surface area (Å²) in [6, 6.07) is 6.86. The van der Waals surface area contributed by atoms with E-state index >= 15 is 0 Å². The molecule has 3 nitrogen and oxygen atoms in total. The topological polar surface area (TPSA) is 28.2 Å². The van der Waals surface area contributed by atoms with Gasteiger partial charge < -0.3 is 5.32 Å². The van der Waals surface area contributed by atoms with Crippen LogP contribution in [0.3, 0.4) is 0 Å².